The zero-order valence-electron chi connectivity index (χ0n) is 10.4. The van der Waals surface area contributed by atoms with Crippen molar-refractivity contribution in [2.75, 3.05) is 23.9 Å². The van der Waals surface area contributed by atoms with Crippen molar-refractivity contribution in [3.63, 3.8) is 0 Å². The average Bonchev–Trinajstić information content (AvgIpc) is 2.37. The Morgan fingerprint density at radius 1 is 1.29 bits per heavy atom. The number of ether oxygens (including phenoxy) is 1. The largest absolute Gasteiger partial charge is 0.375 e. The highest BCUT2D eigenvalue weighted by Gasteiger charge is 2.44. The van der Waals surface area contributed by atoms with Crippen LogP contribution in [0.15, 0.2) is 0 Å². The summed E-state index contributed by atoms with van der Waals surface area (Å²) in [6.07, 6.45) is 6.34. The maximum Gasteiger partial charge on any atom is 0.0685 e. The number of thioether (sulfide) groups is 2. The van der Waals surface area contributed by atoms with Crippen LogP contribution in [0.4, 0.5) is 0 Å². The lowest BCUT2D eigenvalue weighted by atomic mass is 9.70. The van der Waals surface area contributed by atoms with E-state index in [1.807, 2.05) is 0 Å². The van der Waals surface area contributed by atoms with E-state index in [2.05, 4.69) is 23.5 Å². The molecule has 0 aromatic rings. The molecule has 3 fully saturated rings. The summed E-state index contributed by atoms with van der Waals surface area (Å²) < 4.78 is 6.00. The van der Waals surface area contributed by atoms with Gasteiger partial charge in [0, 0.05) is 35.2 Å². The molecule has 0 bridgehead atoms. The highest BCUT2D eigenvalue weighted by Crippen LogP contribution is 2.45. The van der Waals surface area contributed by atoms with Crippen molar-refractivity contribution in [2.45, 2.75) is 49.0 Å². The Bertz CT molecular complexity index is 264. The molecule has 3 rings (SSSR count). The summed E-state index contributed by atoms with van der Waals surface area (Å²) >= 11 is 4.19. The third-order valence-electron chi connectivity index (χ3n) is 4.61. The Hall–Kier alpha value is 0.620. The fraction of sp³-hybridized carbons (Fsp3) is 1.00. The highest BCUT2D eigenvalue weighted by molar-refractivity contribution is 8.06. The predicted molar refractivity (Wildman–Crippen MR) is 76.8 cm³/mol. The minimum Gasteiger partial charge on any atom is -0.375 e. The van der Waals surface area contributed by atoms with E-state index in [1.54, 1.807) is 0 Å². The molecular formula is C13H23NOS2. The van der Waals surface area contributed by atoms with Gasteiger partial charge in [0.05, 0.1) is 5.60 Å². The minimum atomic E-state index is 0.257. The molecule has 98 valence electrons. The summed E-state index contributed by atoms with van der Waals surface area (Å²) in [5.41, 5.74) is 6.79. The second-order valence-corrected chi connectivity index (χ2v) is 8.20. The summed E-state index contributed by atoms with van der Waals surface area (Å²) in [7, 11) is 0. The van der Waals surface area contributed by atoms with Gasteiger partial charge in [0.15, 0.2) is 0 Å². The molecule has 2 heterocycles. The molecule has 0 amide bonds. The Kier molecular flexibility index (Phi) is 3.95. The normalized spacial score (nSPS) is 38.6. The van der Waals surface area contributed by atoms with Crippen LogP contribution in [-0.4, -0.2) is 40.8 Å². The van der Waals surface area contributed by atoms with E-state index in [4.69, 9.17) is 10.5 Å². The zero-order chi connectivity index (χ0) is 11.7. The lowest BCUT2D eigenvalue weighted by Crippen LogP contribution is -2.52. The Morgan fingerprint density at radius 2 is 2.18 bits per heavy atom. The van der Waals surface area contributed by atoms with Crippen LogP contribution in [0.5, 0.6) is 0 Å². The van der Waals surface area contributed by atoms with Gasteiger partial charge in [-0.2, -0.15) is 23.5 Å². The Balaban J connectivity index is 1.58. The summed E-state index contributed by atoms with van der Waals surface area (Å²) in [6, 6.07) is 0.397. The summed E-state index contributed by atoms with van der Waals surface area (Å²) in [6.45, 7) is 0.947. The van der Waals surface area contributed by atoms with Gasteiger partial charge >= 0.3 is 0 Å². The Labute approximate surface area is 113 Å². The number of hydrogen-bond donors (Lipinski definition) is 1. The molecule has 1 spiro atoms. The van der Waals surface area contributed by atoms with Crippen molar-refractivity contribution in [3.8, 4) is 0 Å². The van der Waals surface area contributed by atoms with Crippen LogP contribution in [-0.2, 0) is 4.74 Å². The van der Waals surface area contributed by atoms with Crippen LogP contribution in [0, 0.1) is 5.92 Å². The molecule has 2 saturated heterocycles. The fourth-order valence-electron chi connectivity index (χ4n) is 3.35. The quantitative estimate of drug-likeness (QED) is 0.838. The summed E-state index contributed by atoms with van der Waals surface area (Å²) in [4.78, 5) is 0. The molecule has 2 nitrogen and oxygen atoms in total. The van der Waals surface area contributed by atoms with Crippen molar-refractivity contribution >= 4 is 23.5 Å². The molecule has 2 aliphatic heterocycles. The fourth-order valence-corrected chi connectivity index (χ4v) is 6.24. The third-order valence-corrected chi connectivity index (χ3v) is 7.52. The SMILES string of the molecule is NC(C1CCOC2(CCC2)C1)C1CSCCS1. The summed E-state index contributed by atoms with van der Waals surface area (Å²) in [5, 5.41) is 0.689. The first-order valence-corrected chi connectivity index (χ1v) is 9.08. The molecule has 3 aliphatic rings. The molecular weight excluding hydrogens is 250 g/mol. The van der Waals surface area contributed by atoms with Gasteiger partial charge in [-0.1, -0.05) is 0 Å². The average molecular weight is 273 g/mol. The number of nitrogens with two attached hydrogens (primary N) is 1. The van der Waals surface area contributed by atoms with Crippen LogP contribution in [0.25, 0.3) is 0 Å². The maximum absolute atomic E-state index is 6.53. The molecule has 1 aliphatic carbocycles. The van der Waals surface area contributed by atoms with Crippen molar-refractivity contribution < 1.29 is 4.74 Å². The second-order valence-electron chi connectivity index (χ2n) is 5.70. The van der Waals surface area contributed by atoms with Gasteiger partial charge in [0.2, 0.25) is 0 Å². The monoisotopic (exact) mass is 273 g/mol. The first-order valence-electron chi connectivity index (χ1n) is 6.88. The molecule has 4 heteroatoms. The van der Waals surface area contributed by atoms with Gasteiger partial charge in [-0.15, -0.1) is 0 Å². The van der Waals surface area contributed by atoms with Crippen LogP contribution in [0.3, 0.4) is 0 Å². The highest BCUT2D eigenvalue weighted by atomic mass is 32.2. The first-order chi connectivity index (χ1) is 8.29. The molecule has 1 saturated carbocycles. The van der Waals surface area contributed by atoms with Crippen LogP contribution in [0.1, 0.15) is 32.1 Å². The molecule has 17 heavy (non-hydrogen) atoms. The van der Waals surface area contributed by atoms with E-state index in [-0.39, 0.29) is 5.60 Å². The van der Waals surface area contributed by atoms with Gasteiger partial charge < -0.3 is 10.5 Å². The van der Waals surface area contributed by atoms with Gasteiger partial charge in [0.1, 0.15) is 0 Å². The first kappa shape index (κ1) is 12.6. The van der Waals surface area contributed by atoms with E-state index in [0.29, 0.717) is 17.2 Å². The standard InChI is InChI=1S/C13H23NOS2/c14-12(11-9-16-6-7-17-11)10-2-5-15-13(8-10)3-1-4-13/h10-12H,1-9,14H2. The Morgan fingerprint density at radius 3 is 2.82 bits per heavy atom. The smallest absolute Gasteiger partial charge is 0.0685 e. The zero-order valence-corrected chi connectivity index (χ0v) is 12.0. The van der Waals surface area contributed by atoms with E-state index < -0.39 is 0 Å². The molecule has 3 atom stereocenters. The molecule has 0 aromatic carbocycles. The number of rotatable bonds is 2. The predicted octanol–water partition coefficient (Wildman–Crippen LogP) is 2.51. The molecule has 0 radical (unpaired) electrons. The number of hydrogen-bond acceptors (Lipinski definition) is 4. The van der Waals surface area contributed by atoms with E-state index in [0.717, 1.165) is 6.61 Å². The van der Waals surface area contributed by atoms with Crippen molar-refractivity contribution in [1.29, 1.82) is 0 Å². The lowest BCUT2D eigenvalue weighted by molar-refractivity contribution is -0.145. The summed E-state index contributed by atoms with van der Waals surface area (Å²) in [5.74, 6) is 4.57. The van der Waals surface area contributed by atoms with E-state index in [9.17, 15) is 0 Å². The van der Waals surface area contributed by atoms with Crippen LogP contribution < -0.4 is 5.73 Å². The van der Waals surface area contributed by atoms with Crippen molar-refractivity contribution in [2.24, 2.45) is 11.7 Å². The van der Waals surface area contributed by atoms with Crippen molar-refractivity contribution in [3.05, 3.63) is 0 Å². The molecule has 3 unspecified atom stereocenters. The van der Waals surface area contributed by atoms with Gasteiger partial charge in [-0.05, 0) is 38.0 Å². The topological polar surface area (TPSA) is 35.2 Å². The van der Waals surface area contributed by atoms with Gasteiger partial charge in [0.25, 0.3) is 0 Å². The lowest BCUT2D eigenvalue weighted by Gasteiger charge is -2.49. The minimum absolute atomic E-state index is 0.257. The van der Waals surface area contributed by atoms with Crippen LogP contribution in [0.2, 0.25) is 0 Å². The van der Waals surface area contributed by atoms with Gasteiger partial charge in [-0.3, -0.25) is 0 Å². The maximum atomic E-state index is 6.53. The van der Waals surface area contributed by atoms with Crippen molar-refractivity contribution in [1.82, 2.24) is 0 Å². The van der Waals surface area contributed by atoms with E-state index >= 15 is 0 Å². The van der Waals surface area contributed by atoms with Crippen LogP contribution >= 0.6 is 23.5 Å². The third kappa shape index (κ3) is 2.65. The molecule has 2 N–H and O–H groups in total. The second kappa shape index (κ2) is 5.32. The van der Waals surface area contributed by atoms with E-state index in [1.165, 1.54) is 49.4 Å². The molecule has 0 aromatic heterocycles. The van der Waals surface area contributed by atoms with Gasteiger partial charge in [-0.25, -0.2) is 0 Å².